The molecule has 1 amide bonds. The monoisotopic (exact) mass is 293 g/mol. The van der Waals surface area contributed by atoms with E-state index in [4.69, 9.17) is 10.5 Å². The number of para-hydroxylation sites is 1. The summed E-state index contributed by atoms with van der Waals surface area (Å²) in [5.41, 5.74) is 7.34. The molecule has 2 rings (SSSR count). The van der Waals surface area contributed by atoms with Crippen LogP contribution in [0.2, 0.25) is 0 Å². The molecular formula is C15H23N3O3. The number of rotatable bonds is 6. The number of nitrogens with one attached hydrogen (secondary N) is 1. The van der Waals surface area contributed by atoms with Crippen molar-refractivity contribution in [2.24, 2.45) is 5.73 Å². The Balaban J connectivity index is 1.84. The number of carbonyl (C=O) groups is 1. The Hall–Kier alpha value is -1.47. The molecule has 116 valence electrons. The smallest absolute Gasteiger partial charge is 0.225 e. The zero-order chi connectivity index (χ0) is 15.1. The quantitative estimate of drug-likeness (QED) is 0.696. The number of anilines is 1. The molecule has 1 aromatic carbocycles. The molecule has 1 heterocycles. The third kappa shape index (κ3) is 4.50. The van der Waals surface area contributed by atoms with Gasteiger partial charge in [-0.3, -0.25) is 9.69 Å². The summed E-state index contributed by atoms with van der Waals surface area (Å²) < 4.78 is 5.32. The van der Waals surface area contributed by atoms with Crippen LogP contribution in [0, 0.1) is 0 Å². The lowest BCUT2D eigenvalue weighted by molar-refractivity contribution is -0.117. The number of benzene rings is 1. The van der Waals surface area contributed by atoms with Gasteiger partial charge in [0.2, 0.25) is 5.91 Å². The maximum Gasteiger partial charge on any atom is 0.225 e. The molecular weight excluding hydrogens is 270 g/mol. The zero-order valence-electron chi connectivity index (χ0n) is 12.1. The third-order valence-electron chi connectivity index (χ3n) is 3.70. The lowest BCUT2D eigenvalue weighted by Gasteiger charge is -2.34. The number of carbonyl (C=O) groups excluding carboxylic acids is 1. The number of amides is 1. The van der Waals surface area contributed by atoms with E-state index < -0.39 is 0 Å². The topological polar surface area (TPSA) is 87.8 Å². The normalized spacial score (nSPS) is 19.4. The molecule has 0 aromatic heterocycles. The van der Waals surface area contributed by atoms with Crippen LogP contribution in [0.1, 0.15) is 12.0 Å². The summed E-state index contributed by atoms with van der Waals surface area (Å²) >= 11 is 0. The van der Waals surface area contributed by atoms with Crippen LogP contribution in [0.4, 0.5) is 5.69 Å². The first-order valence-electron chi connectivity index (χ1n) is 7.25. The summed E-state index contributed by atoms with van der Waals surface area (Å²) in [6, 6.07) is 7.52. The van der Waals surface area contributed by atoms with Gasteiger partial charge in [-0.25, -0.2) is 0 Å². The van der Waals surface area contributed by atoms with Crippen molar-refractivity contribution in [1.29, 1.82) is 0 Å². The predicted molar refractivity (Wildman–Crippen MR) is 80.8 cm³/mol. The number of hydrogen-bond donors (Lipinski definition) is 3. The molecule has 1 aliphatic rings. The van der Waals surface area contributed by atoms with Gasteiger partial charge >= 0.3 is 0 Å². The Morgan fingerprint density at radius 1 is 1.48 bits per heavy atom. The van der Waals surface area contributed by atoms with Gasteiger partial charge in [-0.2, -0.15) is 0 Å². The number of aliphatic hydroxyl groups excluding tert-OH is 1. The minimum Gasteiger partial charge on any atom is -0.395 e. The second-order valence-corrected chi connectivity index (χ2v) is 5.11. The SMILES string of the molecule is NCc1ccccc1NC(=O)CCN1CCOCC1CO. The fraction of sp³-hybridized carbons (Fsp3) is 0.533. The van der Waals surface area contributed by atoms with E-state index in [0.717, 1.165) is 17.8 Å². The number of nitrogens with zero attached hydrogens (tertiary/aromatic N) is 1. The number of nitrogens with two attached hydrogens (primary N) is 1. The lowest BCUT2D eigenvalue weighted by atomic mass is 10.1. The second kappa shape index (κ2) is 8.09. The van der Waals surface area contributed by atoms with Crippen molar-refractivity contribution in [2.75, 3.05) is 38.2 Å². The van der Waals surface area contributed by atoms with Crippen LogP contribution < -0.4 is 11.1 Å². The summed E-state index contributed by atoms with van der Waals surface area (Å²) in [4.78, 5) is 14.1. The zero-order valence-corrected chi connectivity index (χ0v) is 12.1. The van der Waals surface area contributed by atoms with Crippen LogP contribution in [0.15, 0.2) is 24.3 Å². The van der Waals surface area contributed by atoms with E-state index in [0.29, 0.717) is 32.7 Å². The van der Waals surface area contributed by atoms with Gasteiger partial charge in [0.05, 0.1) is 25.9 Å². The first-order valence-corrected chi connectivity index (χ1v) is 7.25. The van der Waals surface area contributed by atoms with E-state index in [1.165, 1.54) is 0 Å². The van der Waals surface area contributed by atoms with Gasteiger partial charge in [-0.05, 0) is 11.6 Å². The Kier molecular flexibility index (Phi) is 6.13. The van der Waals surface area contributed by atoms with Crippen molar-refractivity contribution in [3.8, 4) is 0 Å². The van der Waals surface area contributed by atoms with Crippen LogP contribution in [0.25, 0.3) is 0 Å². The molecule has 4 N–H and O–H groups in total. The van der Waals surface area contributed by atoms with E-state index in [2.05, 4.69) is 10.2 Å². The largest absolute Gasteiger partial charge is 0.395 e. The van der Waals surface area contributed by atoms with Gasteiger partial charge < -0.3 is 20.9 Å². The lowest BCUT2D eigenvalue weighted by Crippen LogP contribution is -2.48. The summed E-state index contributed by atoms with van der Waals surface area (Å²) in [6.45, 7) is 2.98. The van der Waals surface area contributed by atoms with E-state index in [1.807, 2.05) is 24.3 Å². The molecule has 0 saturated carbocycles. The van der Waals surface area contributed by atoms with Crippen LogP contribution in [0.5, 0.6) is 0 Å². The molecule has 6 nitrogen and oxygen atoms in total. The maximum absolute atomic E-state index is 12.0. The third-order valence-corrected chi connectivity index (χ3v) is 3.70. The maximum atomic E-state index is 12.0. The van der Waals surface area contributed by atoms with Crippen molar-refractivity contribution in [2.45, 2.75) is 19.0 Å². The fourth-order valence-electron chi connectivity index (χ4n) is 2.43. The van der Waals surface area contributed by atoms with Crippen molar-refractivity contribution in [3.05, 3.63) is 29.8 Å². The molecule has 1 atom stereocenters. The molecule has 1 fully saturated rings. The van der Waals surface area contributed by atoms with Crippen molar-refractivity contribution in [1.82, 2.24) is 4.90 Å². The standard InChI is InChI=1S/C15H23N3O3/c16-9-12-3-1-2-4-14(12)17-15(20)5-6-18-7-8-21-11-13(18)10-19/h1-4,13,19H,5-11,16H2,(H,17,20). The molecule has 0 aliphatic carbocycles. The first kappa shape index (κ1) is 15.9. The van der Waals surface area contributed by atoms with Crippen LogP contribution in [-0.2, 0) is 16.1 Å². The second-order valence-electron chi connectivity index (χ2n) is 5.11. The highest BCUT2D eigenvalue weighted by atomic mass is 16.5. The molecule has 1 aliphatic heterocycles. The Labute approximate surface area is 124 Å². The molecule has 21 heavy (non-hydrogen) atoms. The van der Waals surface area contributed by atoms with Crippen LogP contribution in [0.3, 0.4) is 0 Å². The summed E-state index contributed by atoms with van der Waals surface area (Å²) in [5, 5.41) is 12.2. The van der Waals surface area contributed by atoms with E-state index in [1.54, 1.807) is 0 Å². The summed E-state index contributed by atoms with van der Waals surface area (Å²) in [6.07, 6.45) is 0.384. The first-order chi connectivity index (χ1) is 10.2. The summed E-state index contributed by atoms with van der Waals surface area (Å²) in [7, 11) is 0. The molecule has 1 unspecified atom stereocenters. The van der Waals surface area contributed by atoms with E-state index in [-0.39, 0.29) is 18.6 Å². The van der Waals surface area contributed by atoms with Gasteiger partial charge in [0, 0.05) is 31.7 Å². The van der Waals surface area contributed by atoms with Crippen molar-refractivity contribution >= 4 is 11.6 Å². The Morgan fingerprint density at radius 3 is 3.05 bits per heavy atom. The molecule has 0 radical (unpaired) electrons. The van der Waals surface area contributed by atoms with Crippen LogP contribution in [-0.4, -0.2) is 54.9 Å². The number of ether oxygens (including phenoxy) is 1. The minimum absolute atomic E-state index is 0.0112. The van der Waals surface area contributed by atoms with Gasteiger partial charge in [-0.1, -0.05) is 18.2 Å². The van der Waals surface area contributed by atoms with Gasteiger partial charge in [0.25, 0.3) is 0 Å². The number of morpholine rings is 1. The molecule has 1 saturated heterocycles. The average Bonchev–Trinajstić information content (AvgIpc) is 2.53. The molecule has 1 aromatic rings. The van der Waals surface area contributed by atoms with Crippen LogP contribution >= 0.6 is 0 Å². The summed E-state index contributed by atoms with van der Waals surface area (Å²) in [5.74, 6) is -0.0425. The Bertz CT molecular complexity index is 467. The highest BCUT2D eigenvalue weighted by Gasteiger charge is 2.22. The molecule has 0 bridgehead atoms. The highest BCUT2D eigenvalue weighted by Crippen LogP contribution is 2.14. The van der Waals surface area contributed by atoms with Gasteiger partial charge in [0.1, 0.15) is 0 Å². The van der Waals surface area contributed by atoms with Crippen molar-refractivity contribution < 1.29 is 14.6 Å². The predicted octanol–water partition coefficient (Wildman–Crippen LogP) is 0.167. The minimum atomic E-state index is -0.0425. The number of aliphatic hydroxyl groups is 1. The van der Waals surface area contributed by atoms with E-state index >= 15 is 0 Å². The molecule has 6 heteroatoms. The van der Waals surface area contributed by atoms with Gasteiger partial charge in [-0.15, -0.1) is 0 Å². The van der Waals surface area contributed by atoms with E-state index in [9.17, 15) is 9.90 Å². The molecule has 0 spiro atoms. The fourth-order valence-corrected chi connectivity index (χ4v) is 2.43. The van der Waals surface area contributed by atoms with Crippen molar-refractivity contribution in [3.63, 3.8) is 0 Å². The highest BCUT2D eigenvalue weighted by molar-refractivity contribution is 5.91. The number of hydrogen-bond acceptors (Lipinski definition) is 5. The van der Waals surface area contributed by atoms with Gasteiger partial charge in [0.15, 0.2) is 0 Å². The average molecular weight is 293 g/mol. The Morgan fingerprint density at radius 2 is 2.29 bits per heavy atom.